The van der Waals surface area contributed by atoms with E-state index >= 15 is 0 Å². The molecule has 0 saturated heterocycles. The SMILES string of the molecule is COCCNCc1ccc(Sc2ccoc2C)cc1. The predicted molar refractivity (Wildman–Crippen MR) is 77.6 cm³/mol. The van der Waals surface area contributed by atoms with Crippen molar-refractivity contribution in [3.63, 3.8) is 0 Å². The highest BCUT2D eigenvalue weighted by molar-refractivity contribution is 7.99. The molecule has 0 unspecified atom stereocenters. The first-order valence-corrected chi connectivity index (χ1v) is 7.12. The highest BCUT2D eigenvalue weighted by Crippen LogP contribution is 2.30. The second-order valence-electron chi connectivity index (χ2n) is 4.26. The van der Waals surface area contributed by atoms with Gasteiger partial charge in [-0.05, 0) is 30.7 Å². The molecule has 0 aliphatic rings. The average Bonchev–Trinajstić information content (AvgIpc) is 2.82. The molecule has 1 N–H and O–H groups in total. The van der Waals surface area contributed by atoms with Gasteiger partial charge in [0, 0.05) is 25.1 Å². The summed E-state index contributed by atoms with van der Waals surface area (Å²) in [4.78, 5) is 2.40. The van der Waals surface area contributed by atoms with Crippen molar-refractivity contribution in [3.8, 4) is 0 Å². The fourth-order valence-corrected chi connectivity index (χ4v) is 2.53. The first kappa shape index (κ1) is 14.2. The number of rotatable bonds is 7. The summed E-state index contributed by atoms with van der Waals surface area (Å²) in [5, 5.41) is 3.33. The van der Waals surface area contributed by atoms with E-state index in [1.807, 2.05) is 13.0 Å². The highest BCUT2D eigenvalue weighted by atomic mass is 32.2. The topological polar surface area (TPSA) is 34.4 Å². The molecule has 0 fully saturated rings. The maximum Gasteiger partial charge on any atom is 0.114 e. The van der Waals surface area contributed by atoms with Crippen molar-refractivity contribution >= 4 is 11.8 Å². The lowest BCUT2D eigenvalue weighted by molar-refractivity contribution is 0.199. The summed E-state index contributed by atoms with van der Waals surface area (Å²) in [5.41, 5.74) is 1.28. The molecule has 2 aromatic rings. The van der Waals surface area contributed by atoms with Gasteiger partial charge in [0.1, 0.15) is 5.76 Å². The molecule has 1 aromatic carbocycles. The Morgan fingerprint density at radius 2 is 2.00 bits per heavy atom. The molecule has 0 aliphatic heterocycles. The number of hydrogen-bond donors (Lipinski definition) is 1. The average molecular weight is 277 g/mol. The van der Waals surface area contributed by atoms with E-state index in [2.05, 4.69) is 29.6 Å². The molecule has 0 saturated carbocycles. The van der Waals surface area contributed by atoms with E-state index < -0.39 is 0 Å². The Morgan fingerprint density at radius 3 is 2.63 bits per heavy atom. The zero-order valence-corrected chi connectivity index (χ0v) is 12.1. The van der Waals surface area contributed by atoms with Crippen LogP contribution in [0.5, 0.6) is 0 Å². The summed E-state index contributed by atoms with van der Waals surface area (Å²) in [6.07, 6.45) is 1.73. The Bertz CT molecular complexity index is 493. The maximum absolute atomic E-state index is 5.29. The molecule has 0 bridgehead atoms. The van der Waals surface area contributed by atoms with Crippen LogP contribution < -0.4 is 5.32 Å². The van der Waals surface area contributed by atoms with Crippen LogP contribution >= 0.6 is 11.8 Å². The van der Waals surface area contributed by atoms with Gasteiger partial charge in [-0.2, -0.15) is 0 Å². The quantitative estimate of drug-likeness (QED) is 0.786. The minimum absolute atomic E-state index is 0.744. The second kappa shape index (κ2) is 7.38. The molecular formula is C15H19NO2S. The first-order valence-electron chi connectivity index (χ1n) is 6.30. The van der Waals surface area contributed by atoms with Gasteiger partial charge in [0.05, 0.1) is 17.8 Å². The lowest BCUT2D eigenvalue weighted by Crippen LogP contribution is -2.18. The number of aryl methyl sites for hydroxylation is 1. The maximum atomic E-state index is 5.29. The Hall–Kier alpha value is -1.23. The van der Waals surface area contributed by atoms with Gasteiger partial charge in [0.2, 0.25) is 0 Å². The molecule has 1 aromatic heterocycles. The van der Waals surface area contributed by atoms with Crippen molar-refractivity contribution in [2.45, 2.75) is 23.3 Å². The van der Waals surface area contributed by atoms with Crippen LogP contribution in [0.2, 0.25) is 0 Å². The van der Waals surface area contributed by atoms with Crippen LogP contribution in [0.4, 0.5) is 0 Å². The van der Waals surface area contributed by atoms with E-state index in [0.717, 1.165) is 25.5 Å². The Balaban J connectivity index is 1.86. The molecule has 0 spiro atoms. The third-order valence-corrected chi connectivity index (χ3v) is 3.93. The molecule has 2 rings (SSSR count). The van der Waals surface area contributed by atoms with Gasteiger partial charge >= 0.3 is 0 Å². The van der Waals surface area contributed by atoms with Crippen LogP contribution in [0.15, 0.2) is 50.8 Å². The van der Waals surface area contributed by atoms with E-state index in [4.69, 9.17) is 9.15 Å². The lowest BCUT2D eigenvalue weighted by Gasteiger charge is -2.05. The first-order chi connectivity index (χ1) is 9.29. The van der Waals surface area contributed by atoms with Gasteiger partial charge < -0.3 is 14.5 Å². The summed E-state index contributed by atoms with van der Waals surface area (Å²) in [7, 11) is 1.71. The number of hydrogen-bond acceptors (Lipinski definition) is 4. The van der Waals surface area contributed by atoms with Crippen LogP contribution in [0.1, 0.15) is 11.3 Å². The van der Waals surface area contributed by atoms with Crippen molar-refractivity contribution in [2.24, 2.45) is 0 Å². The smallest absolute Gasteiger partial charge is 0.114 e. The van der Waals surface area contributed by atoms with Crippen LogP contribution in [-0.4, -0.2) is 20.3 Å². The van der Waals surface area contributed by atoms with Crippen molar-refractivity contribution in [1.29, 1.82) is 0 Å². The third kappa shape index (κ3) is 4.42. The van der Waals surface area contributed by atoms with Gasteiger partial charge in [-0.25, -0.2) is 0 Å². The normalized spacial score (nSPS) is 10.8. The summed E-state index contributed by atoms with van der Waals surface area (Å²) in [5.74, 6) is 0.968. The van der Waals surface area contributed by atoms with Gasteiger partial charge in [0.25, 0.3) is 0 Å². The minimum Gasteiger partial charge on any atom is -0.468 e. The van der Waals surface area contributed by atoms with E-state index in [1.165, 1.54) is 15.4 Å². The molecule has 19 heavy (non-hydrogen) atoms. The molecule has 4 heteroatoms. The number of methoxy groups -OCH3 is 1. The highest BCUT2D eigenvalue weighted by Gasteiger charge is 2.03. The van der Waals surface area contributed by atoms with E-state index in [9.17, 15) is 0 Å². The van der Waals surface area contributed by atoms with E-state index in [1.54, 1.807) is 25.1 Å². The molecule has 0 atom stereocenters. The Labute approximate surface area is 118 Å². The lowest BCUT2D eigenvalue weighted by atomic mass is 10.2. The van der Waals surface area contributed by atoms with Crippen LogP contribution in [-0.2, 0) is 11.3 Å². The van der Waals surface area contributed by atoms with Crippen molar-refractivity contribution in [2.75, 3.05) is 20.3 Å². The number of ether oxygens (including phenoxy) is 1. The largest absolute Gasteiger partial charge is 0.468 e. The fraction of sp³-hybridized carbons (Fsp3) is 0.333. The molecule has 102 valence electrons. The fourth-order valence-electron chi connectivity index (χ4n) is 1.69. The van der Waals surface area contributed by atoms with Crippen molar-refractivity contribution in [3.05, 3.63) is 47.9 Å². The van der Waals surface area contributed by atoms with Crippen molar-refractivity contribution in [1.82, 2.24) is 5.32 Å². The van der Waals surface area contributed by atoms with E-state index in [-0.39, 0.29) is 0 Å². The van der Waals surface area contributed by atoms with Crippen LogP contribution in [0.25, 0.3) is 0 Å². The van der Waals surface area contributed by atoms with Crippen LogP contribution in [0.3, 0.4) is 0 Å². The minimum atomic E-state index is 0.744. The standard InChI is InChI=1S/C15H19NO2S/c1-12-15(7-9-18-12)19-14-5-3-13(4-6-14)11-16-8-10-17-2/h3-7,9,16H,8,10-11H2,1-2H3. The van der Waals surface area contributed by atoms with Crippen molar-refractivity contribution < 1.29 is 9.15 Å². The summed E-state index contributed by atoms with van der Waals surface area (Å²) in [6.45, 7) is 4.48. The van der Waals surface area contributed by atoms with Gasteiger partial charge in [-0.15, -0.1) is 0 Å². The summed E-state index contributed by atoms with van der Waals surface area (Å²) in [6, 6.07) is 10.6. The van der Waals surface area contributed by atoms with E-state index in [0.29, 0.717) is 0 Å². The Kier molecular flexibility index (Phi) is 5.51. The number of benzene rings is 1. The van der Waals surface area contributed by atoms with Gasteiger partial charge in [0.15, 0.2) is 0 Å². The third-order valence-electron chi connectivity index (χ3n) is 2.77. The van der Waals surface area contributed by atoms with Crippen LogP contribution in [0, 0.1) is 6.92 Å². The number of nitrogens with one attached hydrogen (secondary N) is 1. The second-order valence-corrected chi connectivity index (χ2v) is 5.37. The molecular weight excluding hydrogens is 258 g/mol. The van der Waals surface area contributed by atoms with Gasteiger partial charge in [-0.3, -0.25) is 0 Å². The molecule has 0 radical (unpaired) electrons. The monoisotopic (exact) mass is 277 g/mol. The predicted octanol–water partition coefficient (Wildman–Crippen LogP) is 3.48. The molecule has 0 aliphatic carbocycles. The zero-order valence-electron chi connectivity index (χ0n) is 11.3. The van der Waals surface area contributed by atoms with Gasteiger partial charge in [-0.1, -0.05) is 23.9 Å². The molecule has 0 amide bonds. The summed E-state index contributed by atoms with van der Waals surface area (Å²) >= 11 is 1.73. The molecule has 3 nitrogen and oxygen atoms in total. The number of furan rings is 1. The molecule has 1 heterocycles. The summed E-state index contributed by atoms with van der Waals surface area (Å²) < 4.78 is 10.3. The zero-order chi connectivity index (χ0) is 13.5. The Morgan fingerprint density at radius 1 is 1.21 bits per heavy atom.